The summed E-state index contributed by atoms with van der Waals surface area (Å²) in [6, 6.07) is 7.17. The third-order valence-corrected chi connectivity index (χ3v) is 8.85. The van der Waals surface area contributed by atoms with E-state index in [1.165, 1.54) is 0 Å². The Morgan fingerprint density at radius 2 is 1.92 bits per heavy atom. The fourth-order valence-electron chi connectivity index (χ4n) is 2.11. The minimum Gasteiger partial charge on any atom is -0.543 e. The van der Waals surface area contributed by atoms with Crippen molar-refractivity contribution in [2.24, 2.45) is 0 Å². The van der Waals surface area contributed by atoms with Crippen molar-refractivity contribution in [2.75, 3.05) is 7.11 Å². The van der Waals surface area contributed by atoms with Crippen LogP contribution in [0, 0.1) is 11.3 Å². The van der Waals surface area contributed by atoms with Crippen molar-refractivity contribution >= 4 is 19.1 Å². The van der Waals surface area contributed by atoms with Gasteiger partial charge in [0.2, 0.25) is 0 Å². The van der Waals surface area contributed by atoms with Gasteiger partial charge in [-0.25, -0.2) is 4.79 Å². The molecule has 1 aromatic carbocycles. The van der Waals surface area contributed by atoms with E-state index in [9.17, 15) is 4.79 Å². The lowest BCUT2D eigenvalue weighted by Crippen LogP contribution is -2.44. The second-order valence-corrected chi connectivity index (χ2v) is 12.0. The van der Waals surface area contributed by atoms with Gasteiger partial charge in [0.05, 0.1) is 19.6 Å². The Morgan fingerprint density at radius 1 is 1.25 bits per heavy atom. The first kappa shape index (κ1) is 18.1. The van der Waals surface area contributed by atoms with Crippen LogP contribution in [-0.4, -0.2) is 15.4 Å². The third kappa shape index (κ3) is 3.46. The van der Waals surface area contributed by atoms with Crippen LogP contribution in [-0.2, 0) is 6.42 Å². The van der Waals surface area contributed by atoms with Gasteiger partial charge in [0.1, 0.15) is 22.6 Å². The van der Waals surface area contributed by atoms with Crippen LogP contribution >= 0.6 is 0 Å². The molecule has 0 atom stereocenters. The lowest BCUT2D eigenvalue weighted by atomic mass is 10.1. The molecule has 6 heteroatoms. The predicted octanol–water partition coefficient (Wildman–Crippen LogP) is 4.25. The lowest BCUT2D eigenvalue weighted by Gasteiger charge is -2.36. The Morgan fingerprint density at radius 3 is 2.46 bits per heavy atom. The molecule has 128 valence electrons. The van der Waals surface area contributed by atoms with Crippen molar-refractivity contribution < 1.29 is 13.6 Å². The zero-order valence-electron chi connectivity index (χ0n) is 15.0. The molecule has 1 heterocycles. The number of hydrogen-bond donors (Lipinski definition) is 0. The zero-order chi connectivity index (χ0) is 18.1. The van der Waals surface area contributed by atoms with Crippen molar-refractivity contribution in [2.45, 2.75) is 45.3 Å². The van der Waals surface area contributed by atoms with Crippen LogP contribution in [0.2, 0.25) is 18.1 Å². The number of ether oxygens (including phenoxy) is 1. The molecular formula is C18H23NO4Si. The fourth-order valence-corrected chi connectivity index (χ4v) is 3.12. The van der Waals surface area contributed by atoms with Gasteiger partial charge >= 0.3 is 5.63 Å². The molecular weight excluding hydrogens is 322 g/mol. The van der Waals surface area contributed by atoms with Gasteiger partial charge in [0.15, 0.2) is 0 Å². The molecule has 0 bridgehead atoms. The lowest BCUT2D eigenvalue weighted by molar-refractivity contribution is 0.411. The van der Waals surface area contributed by atoms with Crippen LogP contribution in [0.25, 0.3) is 10.8 Å². The van der Waals surface area contributed by atoms with Gasteiger partial charge in [-0.15, -0.1) is 0 Å². The second-order valence-electron chi connectivity index (χ2n) is 7.29. The number of methoxy groups -OCH3 is 1. The fraction of sp³-hybridized carbons (Fsp3) is 0.444. The number of fused-ring (bicyclic) bond motifs is 1. The van der Waals surface area contributed by atoms with E-state index in [0.29, 0.717) is 28.0 Å². The van der Waals surface area contributed by atoms with Crippen LogP contribution in [0.15, 0.2) is 27.4 Å². The van der Waals surface area contributed by atoms with Gasteiger partial charge in [-0.05, 0) is 35.7 Å². The molecule has 0 aliphatic heterocycles. The summed E-state index contributed by atoms with van der Waals surface area (Å²) in [6.45, 7) is 10.6. The number of rotatable bonds is 4. The van der Waals surface area contributed by atoms with Crippen LogP contribution < -0.4 is 14.8 Å². The monoisotopic (exact) mass is 345 g/mol. The average molecular weight is 345 g/mol. The van der Waals surface area contributed by atoms with Crippen molar-refractivity contribution in [3.63, 3.8) is 0 Å². The van der Waals surface area contributed by atoms with Gasteiger partial charge in [0.25, 0.3) is 8.32 Å². The SMILES string of the molecule is COc1cc(O[Si](C)(C)C(C)(C)C)c2c(=O)oc(CC#N)cc2c1. The molecule has 0 unspecified atom stereocenters. The van der Waals surface area contributed by atoms with Crippen molar-refractivity contribution in [3.8, 4) is 17.6 Å². The maximum absolute atomic E-state index is 12.4. The minimum absolute atomic E-state index is 0.0106. The maximum Gasteiger partial charge on any atom is 0.347 e. The summed E-state index contributed by atoms with van der Waals surface area (Å²) in [5.74, 6) is 1.42. The molecule has 5 nitrogen and oxygen atoms in total. The molecule has 2 rings (SSSR count). The summed E-state index contributed by atoms with van der Waals surface area (Å²) in [5.41, 5.74) is -0.492. The molecule has 0 aliphatic carbocycles. The highest BCUT2D eigenvalue weighted by atomic mass is 28.4. The van der Waals surface area contributed by atoms with Gasteiger partial charge in [-0.1, -0.05) is 20.8 Å². The Labute approximate surface area is 142 Å². The van der Waals surface area contributed by atoms with Gasteiger partial charge in [0, 0.05) is 6.07 Å². The molecule has 0 radical (unpaired) electrons. The molecule has 0 fully saturated rings. The molecule has 1 aromatic heterocycles. The van der Waals surface area contributed by atoms with Crippen LogP contribution in [0.3, 0.4) is 0 Å². The topological polar surface area (TPSA) is 72.5 Å². The third-order valence-electron chi connectivity index (χ3n) is 4.51. The summed E-state index contributed by atoms with van der Waals surface area (Å²) in [5, 5.41) is 9.86. The van der Waals surface area contributed by atoms with Crippen LogP contribution in [0.5, 0.6) is 11.5 Å². The van der Waals surface area contributed by atoms with Crippen LogP contribution in [0.1, 0.15) is 26.5 Å². The van der Waals surface area contributed by atoms with Crippen LogP contribution in [0.4, 0.5) is 0 Å². The van der Waals surface area contributed by atoms with E-state index in [1.807, 2.05) is 6.07 Å². The smallest absolute Gasteiger partial charge is 0.347 e. The molecule has 0 amide bonds. The summed E-state index contributed by atoms with van der Waals surface area (Å²) in [4.78, 5) is 12.4. The first-order valence-corrected chi connectivity index (χ1v) is 10.7. The Bertz CT molecular complexity index is 856. The highest BCUT2D eigenvalue weighted by Crippen LogP contribution is 2.40. The Balaban J connectivity index is 2.69. The van der Waals surface area contributed by atoms with Crippen molar-refractivity contribution in [1.29, 1.82) is 5.26 Å². The molecule has 0 spiro atoms. The standard InChI is InChI=1S/C18H23NO4Si/c1-18(2,3)24(5,6)23-15-11-14(21-4)10-12-9-13(7-8-19)22-17(20)16(12)15/h9-11H,7H2,1-6H3. The van der Waals surface area contributed by atoms with Crippen molar-refractivity contribution in [1.82, 2.24) is 0 Å². The summed E-state index contributed by atoms with van der Waals surface area (Å²) < 4.78 is 16.9. The quantitative estimate of drug-likeness (QED) is 0.775. The Kier molecular flexibility index (Phi) is 4.77. The molecule has 24 heavy (non-hydrogen) atoms. The van der Waals surface area contributed by atoms with E-state index >= 15 is 0 Å². The Hall–Kier alpha value is -2.26. The normalized spacial score (nSPS) is 12.0. The highest BCUT2D eigenvalue weighted by Gasteiger charge is 2.39. The number of nitriles is 1. The second kappa shape index (κ2) is 6.33. The first-order chi connectivity index (χ1) is 11.1. The molecule has 0 aliphatic rings. The highest BCUT2D eigenvalue weighted by molar-refractivity contribution is 6.74. The molecule has 0 saturated carbocycles. The zero-order valence-corrected chi connectivity index (χ0v) is 16.0. The number of hydrogen-bond acceptors (Lipinski definition) is 5. The summed E-state index contributed by atoms with van der Waals surface area (Å²) in [7, 11) is -0.570. The van der Waals surface area contributed by atoms with Gasteiger partial charge in [-0.2, -0.15) is 5.26 Å². The van der Waals surface area contributed by atoms with Crippen molar-refractivity contribution in [3.05, 3.63) is 34.4 Å². The van der Waals surface area contributed by atoms with Gasteiger partial charge in [-0.3, -0.25) is 0 Å². The van der Waals surface area contributed by atoms with E-state index in [0.717, 1.165) is 0 Å². The van der Waals surface area contributed by atoms with Gasteiger partial charge < -0.3 is 13.6 Å². The summed E-state index contributed by atoms with van der Waals surface area (Å²) >= 11 is 0. The first-order valence-electron chi connectivity index (χ1n) is 7.80. The predicted molar refractivity (Wildman–Crippen MR) is 96.2 cm³/mol. The van der Waals surface area contributed by atoms with E-state index < -0.39 is 13.9 Å². The van der Waals surface area contributed by atoms with E-state index in [2.05, 4.69) is 33.9 Å². The van der Waals surface area contributed by atoms with E-state index in [-0.39, 0.29) is 11.5 Å². The number of nitrogens with zero attached hydrogens (tertiary/aromatic N) is 1. The average Bonchev–Trinajstić information content (AvgIpc) is 2.45. The maximum atomic E-state index is 12.4. The number of benzene rings is 1. The summed E-state index contributed by atoms with van der Waals surface area (Å²) in [6.07, 6.45) is 0.0425. The molecule has 0 saturated heterocycles. The molecule has 0 N–H and O–H groups in total. The van der Waals surface area contributed by atoms with E-state index in [1.54, 1.807) is 25.3 Å². The molecule has 2 aromatic rings. The minimum atomic E-state index is -2.14. The van der Waals surface area contributed by atoms with E-state index in [4.69, 9.17) is 18.8 Å². The largest absolute Gasteiger partial charge is 0.543 e.